The first-order chi connectivity index (χ1) is 15.7. The molecular formula is C26H40N2O2S2. The standard InChI is InChI=1S/C26H40N2O2S2/c1-3-4-5-6-7-8-9-10-11-12-13-14-15-16-17-18-19-20-26(30)28-22-24-32-31-23-21-27-25(2)29/h4-5,7-8,10-11,13-14,16-17,19-20H,3,6,9,12,15,18,21-24H2,1-2H3,(H,27,29)(H,28,30)/b5-4-,8-7-,11-10-,14-13-,17-16-,20-19-. The maximum absolute atomic E-state index is 11.7. The summed E-state index contributed by atoms with van der Waals surface area (Å²) in [5.74, 6) is 1.66. The van der Waals surface area contributed by atoms with Crippen LogP contribution in [0.5, 0.6) is 0 Å². The van der Waals surface area contributed by atoms with Gasteiger partial charge in [-0.1, -0.05) is 95.3 Å². The van der Waals surface area contributed by atoms with Crippen LogP contribution >= 0.6 is 21.6 Å². The maximum atomic E-state index is 11.7. The predicted molar refractivity (Wildman–Crippen MR) is 145 cm³/mol. The first-order valence-corrected chi connectivity index (χ1v) is 13.8. The molecule has 0 bridgehead atoms. The summed E-state index contributed by atoms with van der Waals surface area (Å²) in [6, 6.07) is 0. The minimum Gasteiger partial charge on any atom is -0.355 e. The second-order valence-electron chi connectivity index (χ2n) is 6.76. The molecule has 0 saturated heterocycles. The molecule has 0 aliphatic carbocycles. The lowest BCUT2D eigenvalue weighted by Crippen LogP contribution is -2.23. The van der Waals surface area contributed by atoms with Crippen LogP contribution in [0.25, 0.3) is 0 Å². The Hall–Kier alpha value is -1.92. The van der Waals surface area contributed by atoms with Gasteiger partial charge in [-0.15, -0.1) is 0 Å². The van der Waals surface area contributed by atoms with Crippen LogP contribution in [0.1, 0.15) is 52.4 Å². The zero-order valence-corrected chi connectivity index (χ0v) is 21.3. The van der Waals surface area contributed by atoms with E-state index >= 15 is 0 Å². The highest BCUT2D eigenvalue weighted by atomic mass is 33.1. The first kappa shape index (κ1) is 30.1. The van der Waals surface area contributed by atoms with Crippen molar-refractivity contribution in [1.82, 2.24) is 10.6 Å². The Kier molecular flexibility index (Phi) is 23.8. The van der Waals surface area contributed by atoms with Crippen LogP contribution in [0.15, 0.2) is 72.9 Å². The average Bonchev–Trinajstić information content (AvgIpc) is 2.77. The van der Waals surface area contributed by atoms with Crippen molar-refractivity contribution < 1.29 is 9.59 Å². The van der Waals surface area contributed by atoms with E-state index in [0.717, 1.165) is 50.0 Å². The van der Waals surface area contributed by atoms with Gasteiger partial charge in [-0.25, -0.2) is 0 Å². The molecule has 6 heteroatoms. The van der Waals surface area contributed by atoms with Gasteiger partial charge >= 0.3 is 0 Å². The van der Waals surface area contributed by atoms with Crippen LogP contribution in [0.2, 0.25) is 0 Å². The van der Waals surface area contributed by atoms with Crippen molar-refractivity contribution in [2.24, 2.45) is 0 Å². The molecule has 2 N–H and O–H groups in total. The van der Waals surface area contributed by atoms with Crippen LogP contribution < -0.4 is 10.6 Å². The van der Waals surface area contributed by atoms with Crippen LogP contribution in [0, 0.1) is 0 Å². The summed E-state index contributed by atoms with van der Waals surface area (Å²) in [4.78, 5) is 22.4. The Morgan fingerprint density at radius 1 is 0.625 bits per heavy atom. The molecule has 0 unspecified atom stereocenters. The predicted octanol–water partition coefficient (Wildman–Crippen LogP) is 6.32. The van der Waals surface area contributed by atoms with Gasteiger partial charge in [0.1, 0.15) is 0 Å². The fraction of sp³-hybridized carbons (Fsp3) is 0.462. The third-order valence-electron chi connectivity index (χ3n) is 3.83. The summed E-state index contributed by atoms with van der Waals surface area (Å²) in [7, 11) is 3.39. The van der Waals surface area contributed by atoms with Gasteiger partial charge < -0.3 is 10.6 Å². The summed E-state index contributed by atoms with van der Waals surface area (Å²) >= 11 is 0. The van der Waals surface area contributed by atoms with Crippen LogP contribution in [0.3, 0.4) is 0 Å². The van der Waals surface area contributed by atoms with Crippen LogP contribution in [-0.4, -0.2) is 36.4 Å². The van der Waals surface area contributed by atoms with Crippen molar-refractivity contribution in [1.29, 1.82) is 0 Å². The molecule has 0 radical (unpaired) electrons. The van der Waals surface area contributed by atoms with Gasteiger partial charge in [0.2, 0.25) is 11.8 Å². The molecule has 0 aliphatic heterocycles. The summed E-state index contributed by atoms with van der Waals surface area (Å²) in [5, 5.41) is 5.62. The highest BCUT2D eigenvalue weighted by Gasteiger charge is 1.95. The maximum Gasteiger partial charge on any atom is 0.243 e. The van der Waals surface area contributed by atoms with Crippen molar-refractivity contribution >= 4 is 33.4 Å². The first-order valence-electron chi connectivity index (χ1n) is 11.3. The lowest BCUT2D eigenvalue weighted by molar-refractivity contribution is -0.119. The van der Waals surface area contributed by atoms with E-state index in [9.17, 15) is 9.59 Å². The van der Waals surface area contributed by atoms with E-state index < -0.39 is 0 Å². The lowest BCUT2D eigenvalue weighted by atomic mass is 10.2. The molecule has 0 fully saturated rings. The molecule has 32 heavy (non-hydrogen) atoms. The van der Waals surface area contributed by atoms with Gasteiger partial charge in [0.25, 0.3) is 0 Å². The molecular weight excluding hydrogens is 436 g/mol. The second kappa shape index (κ2) is 25.3. The lowest BCUT2D eigenvalue weighted by Gasteiger charge is -2.03. The van der Waals surface area contributed by atoms with E-state index in [1.807, 2.05) is 6.08 Å². The van der Waals surface area contributed by atoms with E-state index in [0.29, 0.717) is 13.1 Å². The highest BCUT2D eigenvalue weighted by molar-refractivity contribution is 8.76. The second-order valence-corrected chi connectivity index (χ2v) is 9.47. The van der Waals surface area contributed by atoms with Gasteiger partial charge in [-0.05, 0) is 44.6 Å². The van der Waals surface area contributed by atoms with Crippen molar-refractivity contribution in [3.63, 3.8) is 0 Å². The number of allylic oxidation sites excluding steroid dienone is 11. The highest BCUT2D eigenvalue weighted by Crippen LogP contribution is 2.19. The Balaban J connectivity index is 3.56. The average molecular weight is 477 g/mol. The largest absolute Gasteiger partial charge is 0.355 e. The fourth-order valence-electron chi connectivity index (χ4n) is 2.26. The summed E-state index contributed by atoms with van der Waals surface area (Å²) in [6.45, 7) is 4.98. The quantitative estimate of drug-likeness (QED) is 0.0991. The Morgan fingerprint density at radius 3 is 1.47 bits per heavy atom. The third-order valence-corrected chi connectivity index (χ3v) is 6.23. The third kappa shape index (κ3) is 26.1. The molecule has 0 aromatic heterocycles. The topological polar surface area (TPSA) is 58.2 Å². The van der Waals surface area contributed by atoms with E-state index in [1.54, 1.807) is 27.7 Å². The molecule has 2 amide bonds. The number of hydrogen-bond acceptors (Lipinski definition) is 4. The molecule has 0 aromatic carbocycles. The zero-order chi connectivity index (χ0) is 23.5. The van der Waals surface area contributed by atoms with Gasteiger partial charge in [-0.2, -0.15) is 0 Å². The number of carbonyl (C=O) groups excluding carboxylic acids is 2. The molecule has 4 nitrogen and oxygen atoms in total. The van der Waals surface area contributed by atoms with Gasteiger partial charge in [0, 0.05) is 31.5 Å². The smallest absolute Gasteiger partial charge is 0.243 e. The summed E-state index contributed by atoms with van der Waals surface area (Å²) in [6.07, 6.45) is 30.9. The number of carbonyl (C=O) groups is 2. The number of amides is 2. The van der Waals surface area contributed by atoms with Crippen molar-refractivity contribution in [2.45, 2.75) is 52.4 Å². The molecule has 0 rings (SSSR count). The number of hydrogen-bond donors (Lipinski definition) is 2. The zero-order valence-electron chi connectivity index (χ0n) is 19.6. The van der Waals surface area contributed by atoms with Gasteiger partial charge in [0.05, 0.1) is 0 Å². The Labute approximate surface area is 203 Å². The van der Waals surface area contributed by atoms with Crippen molar-refractivity contribution in [3.8, 4) is 0 Å². The Bertz CT molecular complexity index is 650. The van der Waals surface area contributed by atoms with Gasteiger partial charge in [0.15, 0.2) is 0 Å². The van der Waals surface area contributed by atoms with E-state index in [1.165, 1.54) is 6.92 Å². The van der Waals surface area contributed by atoms with Crippen molar-refractivity contribution in [3.05, 3.63) is 72.9 Å². The minimum absolute atomic E-state index is 0.000710. The van der Waals surface area contributed by atoms with Gasteiger partial charge in [-0.3, -0.25) is 9.59 Å². The number of rotatable bonds is 19. The Morgan fingerprint density at radius 2 is 1.03 bits per heavy atom. The summed E-state index contributed by atoms with van der Waals surface area (Å²) < 4.78 is 0. The van der Waals surface area contributed by atoms with E-state index in [4.69, 9.17) is 0 Å². The molecule has 0 spiro atoms. The molecule has 0 atom stereocenters. The molecule has 0 aromatic rings. The summed E-state index contributed by atoms with van der Waals surface area (Å²) in [5.41, 5.74) is 0. The van der Waals surface area contributed by atoms with E-state index in [2.05, 4.69) is 78.3 Å². The van der Waals surface area contributed by atoms with E-state index in [-0.39, 0.29) is 11.8 Å². The van der Waals surface area contributed by atoms with Crippen LogP contribution in [0.4, 0.5) is 0 Å². The molecule has 0 aliphatic rings. The monoisotopic (exact) mass is 476 g/mol. The molecule has 0 saturated carbocycles. The fourth-order valence-corrected chi connectivity index (χ4v) is 4.08. The molecule has 178 valence electrons. The SMILES string of the molecule is CC/C=C\C/C=C\C/C=C\C/C=C\C/C=C\C/C=C\C(=O)NCCSSCCNC(C)=O. The molecule has 0 heterocycles. The van der Waals surface area contributed by atoms with Crippen LogP contribution in [-0.2, 0) is 9.59 Å². The number of nitrogens with one attached hydrogen (secondary N) is 2. The minimum atomic E-state index is -0.0544. The van der Waals surface area contributed by atoms with Crippen molar-refractivity contribution in [2.75, 3.05) is 24.6 Å². The normalized spacial score (nSPS) is 12.4.